The maximum absolute atomic E-state index is 5.96. The van der Waals surface area contributed by atoms with Crippen LogP contribution in [0.25, 0.3) is 5.57 Å². The number of fused-ring (bicyclic) bond motifs is 1. The van der Waals surface area contributed by atoms with Gasteiger partial charge in [0, 0.05) is 11.5 Å². The molecule has 1 unspecified atom stereocenters. The Hall–Kier alpha value is -2.54. The second-order valence-electron chi connectivity index (χ2n) is 6.39. The van der Waals surface area contributed by atoms with Crippen LogP contribution in [-0.2, 0) is 11.3 Å². The molecule has 1 atom stereocenters. The van der Waals surface area contributed by atoms with E-state index in [4.69, 9.17) is 4.74 Å². The van der Waals surface area contributed by atoms with Crippen molar-refractivity contribution < 1.29 is 4.74 Å². The van der Waals surface area contributed by atoms with E-state index in [1.54, 1.807) is 0 Å². The van der Waals surface area contributed by atoms with E-state index in [1.165, 1.54) is 22.3 Å². The fourth-order valence-electron chi connectivity index (χ4n) is 3.20. The highest BCUT2D eigenvalue weighted by Gasteiger charge is 2.20. The van der Waals surface area contributed by atoms with E-state index in [-0.39, 0.29) is 0 Å². The maximum Gasteiger partial charge on any atom is 0.123 e. The van der Waals surface area contributed by atoms with Gasteiger partial charge in [0.1, 0.15) is 12.4 Å². The van der Waals surface area contributed by atoms with E-state index in [9.17, 15) is 0 Å². The summed E-state index contributed by atoms with van der Waals surface area (Å²) in [5, 5.41) is 0. The van der Waals surface area contributed by atoms with Crippen molar-refractivity contribution in [1.82, 2.24) is 0 Å². The molecule has 1 heterocycles. The van der Waals surface area contributed by atoms with Crippen LogP contribution < -0.4 is 0 Å². The van der Waals surface area contributed by atoms with Crippen molar-refractivity contribution in [1.29, 1.82) is 0 Å². The number of allylic oxidation sites excluding steroid dienone is 4. The van der Waals surface area contributed by atoms with Gasteiger partial charge in [0.15, 0.2) is 0 Å². The lowest BCUT2D eigenvalue weighted by Crippen LogP contribution is -2.09. The third-order valence-corrected chi connectivity index (χ3v) is 4.52. The fourth-order valence-corrected chi connectivity index (χ4v) is 3.20. The molecule has 2 aromatic carbocycles. The molecule has 0 N–H and O–H groups in total. The molecule has 0 aliphatic carbocycles. The Morgan fingerprint density at radius 3 is 2.54 bits per heavy atom. The van der Waals surface area contributed by atoms with Crippen LogP contribution in [-0.4, -0.2) is 0 Å². The Bertz CT molecular complexity index is 809. The normalized spacial score (nSPS) is 18.1. The number of hydrogen-bond donors (Lipinski definition) is 0. The molecule has 1 aliphatic heterocycles. The Kier molecular flexibility index (Phi) is 4.71. The quantitative estimate of drug-likeness (QED) is 0.652. The average Bonchev–Trinajstić information content (AvgIpc) is 2.61. The summed E-state index contributed by atoms with van der Waals surface area (Å²) in [5.74, 6) is 1.31. The number of ether oxygens (including phenoxy) is 1. The second-order valence-corrected chi connectivity index (χ2v) is 6.39. The minimum atomic E-state index is 0.369. The van der Waals surface area contributed by atoms with Crippen molar-refractivity contribution in [2.75, 3.05) is 0 Å². The van der Waals surface area contributed by atoms with Crippen molar-refractivity contribution in [3.05, 3.63) is 101 Å². The smallest absolute Gasteiger partial charge is 0.123 e. The Labute approximate surface area is 145 Å². The van der Waals surface area contributed by atoms with E-state index in [0.717, 1.165) is 16.9 Å². The summed E-state index contributed by atoms with van der Waals surface area (Å²) >= 11 is 0. The van der Waals surface area contributed by atoms with Gasteiger partial charge in [0.2, 0.25) is 0 Å². The van der Waals surface area contributed by atoms with E-state index in [2.05, 4.69) is 68.1 Å². The molecule has 2 aromatic rings. The standard InChI is InChI=1S/C23H24O/c1-5-23-22(13-16(2)3)21-12-11-19(14-20(21)15-24-23)17(4)18-9-7-6-8-10-18/h5-14,17H,2,15H2,1,3-4H3/b22-13?,23-5+. The first-order valence-electron chi connectivity index (χ1n) is 8.45. The van der Waals surface area contributed by atoms with Gasteiger partial charge < -0.3 is 4.74 Å². The first-order chi connectivity index (χ1) is 11.6. The molecule has 0 aromatic heterocycles. The van der Waals surface area contributed by atoms with E-state index in [1.807, 2.05) is 19.9 Å². The van der Waals surface area contributed by atoms with Crippen molar-refractivity contribution in [3.8, 4) is 0 Å². The molecule has 1 aliphatic rings. The van der Waals surface area contributed by atoms with Crippen molar-refractivity contribution in [2.24, 2.45) is 0 Å². The van der Waals surface area contributed by atoms with Crippen LogP contribution in [0.2, 0.25) is 0 Å². The van der Waals surface area contributed by atoms with Crippen LogP contribution in [0, 0.1) is 0 Å². The molecule has 0 amide bonds. The lowest BCUT2D eigenvalue weighted by atomic mass is 9.87. The van der Waals surface area contributed by atoms with Crippen molar-refractivity contribution >= 4 is 5.57 Å². The van der Waals surface area contributed by atoms with Gasteiger partial charge >= 0.3 is 0 Å². The largest absolute Gasteiger partial charge is 0.489 e. The summed E-state index contributed by atoms with van der Waals surface area (Å²) in [4.78, 5) is 0. The van der Waals surface area contributed by atoms with Crippen LogP contribution >= 0.6 is 0 Å². The Morgan fingerprint density at radius 2 is 1.88 bits per heavy atom. The van der Waals surface area contributed by atoms with Crippen molar-refractivity contribution in [3.63, 3.8) is 0 Å². The lowest BCUT2D eigenvalue weighted by Gasteiger charge is -2.25. The Morgan fingerprint density at radius 1 is 1.12 bits per heavy atom. The predicted molar refractivity (Wildman–Crippen MR) is 102 cm³/mol. The average molecular weight is 316 g/mol. The molecule has 122 valence electrons. The molecule has 24 heavy (non-hydrogen) atoms. The van der Waals surface area contributed by atoms with E-state index < -0.39 is 0 Å². The fraction of sp³-hybridized carbons (Fsp3) is 0.217. The van der Waals surface area contributed by atoms with E-state index >= 15 is 0 Å². The summed E-state index contributed by atoms with van der Waals surface area (Å²) in [7, 11) is 0. The maximum atomic E-state index is 5.96. The molecule has 0 radical (unpaired) electrons. The first-order valence-corrected chi connectivity index (χ1v) is 8.45. The summed E-state index contributed by atoms with van der Waals surface area (Å²) in [6.07, 6.45) is 4.13. The molecule has 0 saturated carbocycles. The van der Waals surface area contributed by atoms with Crippen LogP contribution in [0.5, 0.6) is 0 Å². The molecule has 3 rings (SSSR count). The van der Waals surface area contributed by atoms with Crippen LogP contribution in [0.1, 0.15) is 48.9 Å². The van der Waals surface area contributed by atoms with Crippen LogP contribution in [0.15, 0.2) is 78.6 Å². The Balaban J connectivity index is 2.02. The van der Waals surface area contributed by atoms with Crippen LogP contribution in [0.4, 0.5) is 0 Å². The first kappa shape index (κ1) is 16.3. The van der Waals surface area contributed by atoms with Gasteiger partial charge in [0.05, 0.1) is 0 Å². The van der Waals surface area contributed by atoms with Gasteiger partial charge in [-0.25, -0.2) is 0 Å². The molecule has 0 saturated heterocycles. The zero-order valence-electron chi connectivity index (χ0n) is 14.7. The molecular weight excluding hydrogens is 292 g/mol. The topological polar surface area (TPSA) is 9.23 Å². The summed E-state index contributed by atoms with van der Waals surface area (Å²) in [6, 6.07) is 17.4. The third kappa shape index (κ3) is 3.21. The van der Waals surface area contributed by atoms with Gasteiger partial charge in [-0.1, -0.05) is 67.6 Å². The third-order valence-electron chi connectivity index (χ3n) is 4.52. The highest BCUT2D eigenvalue weighted by atomic mass is 16.5. The monoisotopic (exact) mass is 316 g/mol. The van der Waals surface area contributed by atoms with E-state index in [0.29, 0.717) is 12.5 Å². The highest BCUT2D eigenvalue weighted by Crippen LogP contribution is 2.36. The van der Waals surface area contributed by atoms with Crippen molar-refractivity contribution in [2.45, 2.75) is 33.3 Å². The molecule has 0 spiro atoms. The zero-order chi connectivity index (χ0) is 17.1. The van der Waals surface area contributed by atoms with Gasteiger partial charge in [0.25, 0.3) is 0 Å². The van der Waals surface area contributed by atoms with Gasteiger partial charge in [-0.2, -0.15) is 0 Å². The minimum absolute atomic E-state index is 0.369. The second kappa shape index (κ2) is 6.92. The lowest BCUT2D eigenvalue weighted by molar-refractivity contribution is 0.207. The predicted octanol–water partition coefficient (Wildman–Crippen LogP) is 6.23. The zero-order valence-corrected chi connectivity index (χ0v) is 14.7. The summed E-state index contributed by atoms with van der Waals surface area (Å²) < 4.78 is 5.96. The molecule has 0 fully saturated rings. The minimum Gasteiger partial charge on any atom is -0.489 e. The molecular formula is C23H24O. The number of hydrogen-bond acceptors (Lipinski definition) is 1. The van der Waals surface area contributed by atoms with Gasteiger partial charge in [-0.05, 0) is 48.3 Å². The van der Waals surface area contributed by atoms with Gasteiger partial charge in [-0.3, -0.25) is 0 Å². The molecule has 1 nitrogen and oxygen atoms in total. The highest BCUT2D eigenvalue weighted by molar-refractivity contribution is 5.82. The molecule has 0 bridgehead atoms. The number of benzene rings is 2. The molecule has 1 heteroatoms. The van der Waals surface area contributed by atoms with Crippen LogP contribution in [0.3, 0.4) is 0 Å². The summed E-state index contributed by atoms with van der Waals surface area (Å²) in [6.45, 7) is 10.9. The SMILES string of the molecule is C=C(C)C=C1/C(=C\C)OCc2cc(C(C)c3ccccc3)ccc21. The van der Waals surface area contributed by atoms with Gasteiger partial charge in [-0.15, -0.1) is 0 Å². The summed E-state index contributed by atoms with van der Waals surface area (Å²) in [5.41, 5.74) is 7.31. The number of rotatable bonds is 3.